The van der Waals surface area contributed by atoms with Gasteiger partial charge in [0.2, 0.25) is 0 Å². The molecule has 1 fully saturated rings. The first-order chi connectivity index (χ1) is 9.60. The van der Waals surface area contributed by atoms with Gasteiger partial charge in [0.1, 0.15) is 0 Å². The zero-order chi connectivity index (χ0) is 14.6. The average molecular weight is 281 g/mol. The molecule has 0 aromatic heterocycles. The Hall–Kier alpha value is -0.960. The van der Waals surface area contributed by atoms with Crippen LogP contribution in [-0.2, 0) is 6.42 Å². The van der Waals surface area contributed by atoms with Crippen LogP contribution in [0.25, 0.3) is 0 Å². The maximum Gasteiger partial charge on any atom is 0.162 e. The molecule has 3 heteroatoms. The van der Waals surface area contributed by atoms with E-state index < -0.39 is 11.6 Å². The fourth-order valence-corrected chi connectivity index (χ4v) is 3.53. The lowest BCUT2D eigenvalue weighted by Crippen LogP contribution is -2.37. The summed E-state index contributed by atoms with van der Waals surface area (Å²) in [4.78, 5) is 0. The molecule has 20 heavy (non-hydrogen) atoms. The highest BCUT2D eigenvalue weighted by Gasteiger charge is 2.34. The van der Waals surface area contributed by atoms with E-state index >= 15 is 0 Å². The van der Waals surface area contributed by atoms with E-state index in [0.717, 1.165) is 18.8 Å². The van der Waals surface area contributed by atoms with Gasteiger partial charge < -0.3 is 5.73 Å². The topological polar surface area (TPSA) is 26.0 Å². The molecule has 0 atom stereocenters. The molecule has 1 saturated carbocycles. The van der Waals surface area contributed by atoms with E-state index in [-0.39, 0.29) is 5.41 Å². The summed E-state index contributed by atoms with van der Waals surface area (Å²) < 4.78 is 27.2. The van der Waals surface area contributed by atoms with E-state index in [0.29, 0.717) is 18.5 Å². The smallest absolute Gasteiger partial charge is 0.162 e. The molecule has 1 nitrogen and oxygen atoms in total. The van der Waals surface area contributed by atoms with Crippen molar-refractivity contribution < 1.29 is 8.78 Å². The maximum atomic E-state index is 13.8. The van der Waals surface area contributed by atoms with Crippen LogP contribution in [0.4, 0.5) is 8.78 Å². The van der Waals surface area contributed by atoms with Crippen molar-refractivity contribution in [3.63, 3.8) is 0 Å². The van der Waals surface area contributed by atoms with Gasteiger partial charge in [-0.15, -0.1) is 0 Å². The number of nitrogens with two attached hydrogens (primary N) is 1. The second-order valence-electron chi connectivity index (χ2n) is 6.33. The summed E-state index contributed by atoms with van der Waals surface area (Å²) in [5.41, 5.74) is 6.41. The number of halogens is 2. The number of rotatable bonds is 5. The van der Waals surface area contributed by atoms with Gasteiger partial charge in [-0.1, -0.05) is 31.9 Å². The normalized spacial score (nSPS) is 26.7. The fourth-order valence-electron chi connectivity index (χ4n) is 3.53. The van der Waals surface area contributed by atoms with Crippen molar-refractivity contribution in [2.24, 2.45) is 17.1 Å². The molecule has 112 valence electrons. The Bertz CT molecular complexity index is 437. The molecule has 0 radical (unpaired) electrons. The maximum absolute atomic E-state index is 13.8. The molecule has 2 N–H and O–H groups in total. The number of hydrogen-bond acceptors (Lipinski definition) is 1. The van der Waals surface area contributed by atoms with Crippen LogP contribution in [0.5, 0.6) is 0 Å². The first-order valence-corrected chi connectivity index (χ1v) is 7.73. The quantitative estimate of drug-likeness (QED) is 0.848. The molecule has 0 unspecified atom stereocenters. The zero-order valence-electron chi connectivity index (χ0n) is 12.3. The van der Waals surface area contributed by atoms with Gasteiger partial charge in [-0.2, -0.15) is 0 Å². The first kappa shape index (κ1) is 15.4. The summed E-state index contributed by atoms with van der Waals surface area (Å²) in [6, 6.07) is 4.45. The minimum atomic E-state index is -0.755. The largest absolute Gasteiger partial charge is 0.330 e. The lowest BCUT2D eigenvalue weighted by Gasteiger charge is -2.40. The van der Waals surface area contributed by atoms with Crippen LogP contribution in [0.15, 0.2) is 18.2 Å². The molecular weight excluding hydrogens is 256 g/mol. The Morgan fingerprint density at radius 2 is 1.95 bits per heavy atom. The summed E-state index contributed by atoms with van der Waals surface area (Å²) in [7, 11) is 0. The summed E-state index contributed by atoms with van der Waals surface area (Å²) in [5.74, 6) is -0.664. The van der Waals surface area contributed by atoms with Crippen molar-refractivity contribution in [3.05, 3.63) is 35.4 Å². The molecule has 0 bridgehead atoms. The lowest BCUT2D eigenvalue weighted by molar-refractivity contribution is 0.149. The first-order valence-electron chi connectivity index (χ1n) is 7.73. The van der Waals surface area contributed by atoms with E-state index in [9.17, 15) is 8.78 Å². The van der Waals surface area contributed by atoms with Gasteiger partial charge in [-0.05, 0) is 61.6 Å². The van der Waals surface area contributed by atoms with E-state index in [1.807, 2.05) is 0 Å². The van der Waals surface area contributed by atoms with Gasteiger partial charge >= 0.3 is 0 Å². The summed E-state index contributed by atoms with van der Waals surface area (Å²) >= 11 is 0. The monoisotopic (exact) mass is 281 g/mol. The Kier molecular flexibility index (Phi) is 5.14. The molecule has 0 saturated heterocycles. The molecule has 1 aliphatic carbocycles. The van der Waals surface area contributed by atoms with Crippen molar-refractivity contribution in [3.8, 4) is 0 Å². The highest BCUT2D eigenvalue weighted by molar-refractivity contribution is 5.21. The Morgan fingerprint density at radius 1 is 1.25 bits per heavy atom. The van der Waals surface area contributed by atoms with Crippen LogP contribution in [0, 0.1) is 23.0 Å². The Labute approximate surface area is 120 Å². The van der Waals surface area contributed by atoms with E-state index in [4.69, 9.17) is 5.73 Å². The third-order valence-electron chi connectivity index (χ3n) is 4.89. The van der Waals surface area contributed by atoms with Crippen molar-refractivity contribution in [1.29, 1.82) is 0 Å². The average Bonchev–Trinajstić information content (AvgIpc) is 2.46. The molecule has 2 rings (SSSR count). The van der Waals surface area contributed by atoms with Crippen molar-refractivity contribution in [2.75, 3.05) is 6.54 Å². The van der Waals surface area contributed by atoms with Crippen molar-refractivity contribution >= 4 is 0 Å². The van der Waals surface area contributed by atoms with Crippen molar-refractivity contribution in [2.45, 2.75) is 51.9 Å². The number of benzene rings is 1. The third kappa shape index (κ3) is 3.38. The second-order valence-corrected chi connectivity index (χ2v) is 6.33. The van der Waals surface area contributed by atoms with Crippen LogP contribution >= 0.6 is 0 Å². The minimum Gasteiger partial charge on any atom is -0.330 e. The lowest BCUT2D eigenvalue weighted by atomic mass is 9.67. The minimum absolute atomic E-state index is 0.0428. The fraction of sp³-hybridized carbons (Fsp3) is 0.647. The molecule has 0 heterocycles. The molecule has 0 aliphatic heterocycles. The molecular formula is C17H25F2N. The Morgan fingerprint density at radius 3 is 2.55 bits per heavy atom. The summed E-state index contributed by atoms with van der Waals surface area (Å²) in [5, 5.41) is 0. The van der Waals surface area contributed by atoms with E-state index in [1.54, 1.807) is 12.1 Å². The SMILES string of the molecule is CCCC1CCC(CN)(Cc2cccc(F)c2F)CC1. The van der Waals surface area contributed by atoms with Crippen molar-refractivity contribution in [1.82, 2.24) is 0 Å². The predicted octanol–water partition coefficient (Wildman–Crippen LogP) is 4.44. The van der Waals surface area contributed by atoms with Gasteiger partial charge in [-0.25, -0.2) is 8.78 Å². The van der Waals surface area contributed by atoms with Gasteiger partial charge in [-0.3, -0.25) is 0 Å². The highest BCUT2D eigenvalue weighted by atomic mass is 19.2. The molecule has 0 spiro atoms. The molecule has 0 amide bonds. The van der Waals surface area contributed by atoms with Crippen LogP contribution in [-0.4, -0.2) is 6.54 Å². The van der Waals surface area contributed by atoms with Crippen LogP contribution in [0.1, 0.15) is 51.0 Å². The molecule has 1 aromatic rings. The van der Waals surface area contributed by atoms with Gasteiger partial charge in [0, 0.05) is 0 Å². The number of hydrogen-bond donors (Lipinski definition) is 1. The predicted molar refractivity (Wildman–Crippen MR) is 78.4 cm³/mol. The molecule has 1 aromatic carbocycles. The van der Waals surface area contributed by atoms with Gasteiger partial charge in [0.25, 0.3) is 0 Å². The zero-order valence-corrected chi connectivity index (χ0v) is 12.3. The highest BCUT2D eigenvalue weighted by Crippen LogP contribution is 2.42. The van der Waals surface area contributed by atoms with E-state index in [1.165, 1.54) is 31.7 Å². The van der Waals surface area contributed by atoms with Crippen LogP contribution in [0.3, 0.4) is 0 Å². The van der Waals surface area contributed by atoms with E-state index in [2.05, 4.69) is 6.92 Å². The summed E-state index contributed by atoms with van der Waals surface area (Å²) in [6.45, 7) is 2.77. The second kappa shape index (κ2) is 6.66. The standard InChI is InChI=1S/C17H25F2N/c1-2-4-13-7-9-17(12-20,10-8-13)11-14-5-3-6-15(18)16(14)19/h3,5-6,13H,2,4,7-12,20H2,1H3. The van der Waals surface area contributed by atoms with Gasteiger partial charge in [0.15, 0.2) is 11.6 Å². The van der Waals surface area contributed by atoms with Crippen LogP contribution < -0.4 is 5.73 Å². The Balaban J connectivity index is 2.07. The molecule has 1 aliphatic rings. The van der Waals surface area contributed by atoms with Gasteiger partial charge in [0.05, 0.1) is 0 Å². The van der Waals surface area contributed by atoms with Crippen LogP contribution in [0.2, 0.25) is 0 Å². The third-order valence-corrected chi connectivity index (χ3v) is 4.89. The summed E-state index contributed by atoms with van der Waals surface area (Å²) in [6.07, 6.45) is 7.46.